The van der Waals surface area contributed by atoms with E-state index in [-0.39, 0.29) is 23.1 Å². The van der Waals surface area contributed by atoms with Crippen LogP contribution in [0.25, 0.3) is 10.2 Å². The number of thiophene rings is 1. The fourth-order valence-electron chi connectivity index (χ4n) is 4.48. The minimum Gasteiger partial charge on any atom is -0.337 e. The van der Waals surface area contributed by atoms with Gasteiger partial charge in [0.15, 0.2) is 0 Å². The molecule has 0 radical (unpaired) electrons. The van der Waals surface area contributed by atoms with Gasteiger partial charge in [-0.15, -0.1) is 11.3 Å². The molecule has 32 heavy (non-hydrogen) atoms. The number of amides is 3. The molecule has 2 aliphatic rings. The second kappa shape index (κ2) is 7.44. The van der Waals surface area contributed by atoms with E-state index in [1.807, 2.05) is 11.4 Å². The van der Waals surface area contributed by atoms with E-state index in [1.165, 1.54) is 11.3 Å². The number of aromatic nitrogens is 2. The van der Waals surface area contributed by atoms with Crippen molar-refractivity contribution in [1.82, 2.24) is 20.2 Å². The van der Waals surface area contributed by atoms with E-state index in [2.05, 4.69) is 20.6 Å². The maximum atomic E-state index is 12.9. The SMILES string of the molecule is O=C(Nc1cncc(C(F)(F)F)c1)NC1CC2(C1)CN(C(=O)c1ccnc3ccsc13)C2. The zero-order valence-electron chi connectivity index (χ0n) is 16.6. The Morgan fingerprint density at radius 2 is 1.97 bits per heavy atom. The van der Waals surface area contributed by atoms with Gasteiger partial charge in [-0.3, -0.25) is 14.8 Å². The molecule has 3 amide bonds. The molecule has 1 saturated heterocycles. The number of rotatable bonds is 3. The van der Waals surface area contributed by atoms with E-state index >= 15 is 0 Å². The first kappa shape index (κ1) is 20.7. The van der Waals surface area contributed by atoms with Crippen molar-refractivity contribution in [2.45, 2.75) is 25.1 Å². The van der Waals surface area contributed by atoms with E-state index in [0.29, 0.717) is 24.8 Å². The van der Waals surface area contributed by atoms with Gasteiger partial charge in [-0.1, -0.05) is 0 Å². The normalized spacial score (nSPS) is 17.7. The number of carbonyl (C=O) groups excluding carboxylic acids is 2. The minimum absolute atomic E-state index is 0.00699. The second-order valence-corrected chi connectivity index (χ2v) is 9.23. The maximum absolute atomic E-state index is 12.9. The van der Waals surface area contributed by atoms with Crippen LogP contribution in [-0.2, 0) is 6.18 Å². The van der Waals surface area contributed by atoms with Crippen LogP contribution in [0.4, 0.5) is 23.7 Å². The summed E-state index contributed by atoms with van der Waals surface area (Å²) in [4.78, 5) is 34.6. The average Bonchev–Trinajstić information content (AvgIpc) is 3.16. The van der Waals surface area contributed by atoms with Crippen LogP contribution in [0.5, 0.6) is 0 Å². The molecule has 0 atom stereocenters. The highest BCUT2D eigenvalue weighted by molar-refractivity contribution is 7.17. The number of anilines is 1. The number of carbonyl (C=O) groups is 2. The van der Waals surface area contributed by atoms with Crippen molar-refractivity contribution in [3.05, 3.63) is 53.3 Å². The van der Waals surface area contributed by atoms with Gasteiger partial charge in [0.1, 0.15) is 0 Å². The molecule has 4 heterocycles. The standard InChI is InChI=1S/C21H18F3N5O2S/c22-21(23,24)12-5-13(9-25-8-12)27-19(31)28-14-6-20(7-14)10-29(11-20)18(30)15-1-3-26-16-2-4-32-17(15)16/h1-5,8-9,14H,6-7,10-11H2,(H2,27,28,31). The highest BCUT2D eigenvalue weighted by Gasteiger charge is 2.54. The number of nitrogens with one attached hydrogen (secondary N) is 2. The maximum Gasteiger partial charge on any atom is 0.417 e. The summed E-state index contributed by atoms with van der Waals surface area (Å²) in [5, 5.41) is 7.08. The van der Waals surface area contributed by atoms with Crippen molar-refractivity contribution < 1.29 is 22.8 Å². The van der Waals surface area contributed by atoms with Crippen LogP contribution >= 0.6 is 11.3 Å². The van der Waals surface area contributed by atoms with Crippen LogP contribution in [0.3, 0.4) is 0 Å². The van der Waals surface area contributed by atoms with Gasteiger partial charge in [-0.25, -0.2) is 4.79 Å². The quantitative estimate of drug-likeness (QED) is 0.614. The van der Waals surface area contributed by atoms with Gasteiger partial charge >= 0.3 is 12.2 Å². The van der Waals surface area contributed by atoms with Crippen molar-refractivity contribution in [3.8, 4) is 0 Å². The number of alkyl halides is 3. The predicted octanol–water partition coefficient (Wildman–Crippen LogP) is 4.14. The number of hydrogen-bond donors (Lipinski definition) is 2. The van der Waals surface area contributed by atoms with Crippen molar-refractivity contribution in [3.63, 3.8) is 0 Å². The molecule has 0 aromatic carbocycles. The Bertz CT molecular complexity index is 1200. The number of nitrogens with zero attached hydrogens (tertiary/aromatic N) is 3. The van der Waals surface area contributed by atoms with Crippen molar-refractivity contribution >= 4 is 39.2 Å². The van der Waals surface area contributed by atoms with Gasteiger partial charge in [0, 0.05) is 36.9 Å². The summed E-state index contributed by atoms with van der Waals surface area (Å²) in [7, 11) is 0. The van der Waals surface area contributed by atoms with Crippen LogP contribution in [-0.4, -0.2) is 45.9 Å². The topological polar surface area (TPSA) is 87.2 Å². The van der Waals surface area contributed by atoms with Gasteiger partial charge in [0.25, 0.3) is 5.91 Å². The molecule has 5 rings (SSSR count). The van der Waals surface area contributed by atoms with E-state index < -0.39 is 17.8 Å². The lowest BCUT2D eigenvalue weighted by Crippen LogP contribution is -2.67. The van der Waals surface area contributed by atoms with E-state index in [4.69, 9.17) is 0 Å². The van der Waals surface area contributed by atoms with Crippen LogP contribution < -0.4 is 10.6 Å². The summed E-state index contributed by atoms with van der Waals surface area (Å²) in [5.41, 5.74) is 0.511. The van der Waals surface area contributed by atoms with E-state index in [1.54, 1.807) is 17.2 Å². The third-order valence-corrected chi connectivity index (χ3v) is 6.87. The smallest absolute Gasteiger partial charge is 0.337 e. The molecule has 1 aliphatic heterocycles. The van der Waals surface area contributed by atoms with Gasteiger partial charge < -0.3 is 15.5 Å². The fraction of sp³-hybridized carbons (Fsp3) is 0.333. The molecule has 0 unspecified atom stereocenters. The Labute approximate surface area is 184 Å². The first-order valence-electron chi connectivity index (χ1n) is 9.94. The fourth-order valence-corrected chi connectivity index (χ4v) is 5.34. The Hall–Kier alpha value is -3.21. The largest absolute Gasteiger partial charge is 0.417 e. The van der Waals surface area contributed by atoms with E-state index in [0.717, 1.165) is 35.3 Å². The van der Waals surface area contributed by atoms with Gasteiger partial charge in [0.05, 0.1) is 33.2 Å². The van der Waals surface area contributed by atoms with Crippen LogP contribution in [0.1, 0.15) is 28.8 Å². The summed E-state index contributed by atoms with van der Waals surface area (Å²) in [6, 6.07) is 3.81. The highest BCUT2D eigenvalue weighted by Crippen LogP contribution is 2.49. The third kappa shape index (κ3) is 3.77. The summed E-state index contributed by atoms with van der Waals surface area (Å²) >= 11 is 1.49. The number of likely N-dealkylation sites (tertiary alicyclic amines) is 1. The van der Waals surface area contributed by atoms with Crippen LogP contribution in [0.2, 0.25) is 0 Å². The van der Waals surface area contributed by atoms with Crippen molar-refractivity contribution in [2.75, 3.05) is 18.4 Å². The van der Waals surface area contributed by atoms with Crippen LogP contribution in [0, 0.1) is 5.41 Å². The predicted molar refractivity (Wildman–Crippen MR) is 112 cm³/mol. The molecule has 1 spiro atoms. The van der Waals surface area contributed by atoms with E-state index in [9.17, 15) is 22.8 Å². The Morgan fingerprint density at radius 3 is 2.72 bits per heavy atom. The summed E-state index contributed by atoms with van der Waals surface area (Å²) in [5.74, 6) is -0.0170. The van der Waals surface area contributed by atoms with Gasteiger partial charge in [-0.05, 0) is 36.4 Å². The lowest BCUT2D eigenvalue weighted by atomic mass is 9.60. The lowest BCUT2D eigenvalue weighted by molar-refractivity contribution is -0.137. The molecule has 2 fully saturated rings. The molecule has 7 nitrogen and oxygen atoms in total. The molecule has 2 N–H and O–H groups in total. The third-order valence-electron chi connectivity index (χ3n) is 5.93. The minimum atomic E-state index is -4.53. The molecule has 11 heteroatoms. The number of hydrogen-bond acceptors (Lipinski definition) is 5. The first-order chi connectivity index (χ1) is 15.2. The zero-order valence-corrected chi connectivity index (χ0v) is 17.5. The Morgan fingerprint density at radius 1 is 1.19 bits per heavy atom. The summed E-state index contributed by atoms with van der Waals surface area (Å²) in [6.45, 7) is 1.25. The molecular formula is C21H18F3N5O2S. The monoisotopic (exact) mass is 461 g/mol. The summed E-state index contributed by atoms with van der Waals surface area (Å²) in [6.07, 6.45) is 0.417. The Kier molecular flexibility index (Phi) is 4.81. The van der Waals surface area contributed by atoms with Gasteiger partial charge in [-0.2, -0.15) is 13.2 Å². The molecule has 166 valence electrons. The first-order valence-corrected chi connectivity index (χ1v) is 10.8. The summed E-state index contributed by atoms with van der Waals surface area (Å²) < 4.78 is 39.2. The molecule has 1 aliphatic carbocycles. The van der Waals surface area contributed by atoms with Crippen molar-refractivity contribution in [1.29, 1.82) is 0 Å². The highest BCUT2D eigenvalue weighted by atomic mass is 32.1. The molecule has 3 aromatic rings. The number of halogens is 3. The second-order valence-electron chi connectivity index (χ2n) is 8.32. The van der Waals surface area contributed by atoms with Crippen LogP contribution in [0.15, 0.2) is 42.2 Å². The number of urea groups is 1. The van der Waals surface area contributed by atoms with Crippen molar-refractivity contribution in [2.24, 2.45) is 5.41 Å². The number of pyridine rings is 2. The molecular weight excluding hydrogens is 443 g/mol. The lowest BCUT2D eigenvalue weighted by Gasteiger charge is -2.59. The molecule has 0 bridgehead atoms. The molecule has 3 aromatic heterocycles. The number of fused-ring (bicyclic) bond motifs is 1. The molecule has 1 saturated carbocycles. The zero-order chi connectivity index (χ0) is 22.5. The van der Waals surface area contributed by atoms with Gasteiger partial charge in [0.2, 0.25) is 0 Å². The average molecular weight is 461 g/mol. The Balaban J connectivity index is 1.12.